The normalized spacial score (nSPS) is 15.7. The monoisotopic (exact) mass is 338 g/mol. The van der Waals surface area contributed by atoms with Gasteiger partial charge in [-0.2, -0.15) is 0 Å². The lowest BCUT2D eigenvalue weighted by atomic mass is 9.56. The lowest BCUT2D eigenvalue weighted by molar-refractivity contribution is -0.0972. The first-order valence-corrected chi connectivity index (χ1v) is 9.21. The Balaban J connectivity index is 2.69. The standard InChI is InChI=1S/C24H34O/c1-21(2,3)18-14-16-20(17-15-18)24(25,19-12-10-9-11-13-19)23(7,8)22(4,5)6/h9-17,25H,1-8H3. The van der Waals surface area contributed by atoms with Gasteiger partial charge in [-0.1, -0.05) is 110 Å². The SMILES string of the molecule is CC(C)(C)c1ccc(C(O)(c2ccccc2)C(C)(C)C(C)(C)C)cc1. The van der Waals surface area contributed by atoms with E-state index in [-0.39, 0.29) is 16.2 Å². The van der Waals surface area contributed by atoms with E-state index in [0.717, 1.165) is 11.1 Å². The van der Waals surface area contributed by atoms with E-state index in [0.29, 0.717) is 0 Å². The van der Waals surface area contributed by atoms with Crippen LogP contribution in [0.25, 0.3) is 0 Å². The Labute approximate surface area is 154 Å². The first-order valence-electron chi connectivity index (χ1n) is 9.21. The Morgan fingerprint density at radius 2 is 0.960 bits per heavy atom. The van der Waals surface area contributed by atoms with E-state index in [1.807, 2.05) is 30.3 Å². The molecule has 0 aliphatic heterocycles. The van der Waals surface area contributed by atoms with Gasteiger partial charge in [0.15, 0.2) is 0 Å². The molecule has 1 nitrogen and oxygen atoms in total. The van der Waals surface area contributed by atoms with E-state index in [1.165, 1.54) is 5.56 Å². The van der Waals surface area contributed by atoms with Gasteiger partial charge in [-0.15, -0.1) is 0 Å². The molecule has 0 saturated heterocycles. The van der Waals surface area contributed by atoms with E-state index in [9.17, 15) is 5.11 Å². The molecule has 0 amide bonds. The Bertz CT molecular complexity index is 697. The summed E-state index contributed by atoms with van der Waals surface area (Å²) < 4.78 is 0. The fraction of sp³-hybridized carbons (Fsp3) is 0.500. The van der Waals surface area contributed by atoms with Crippen LogP contribution in [0.15, 0.2) is 54.6 Å². The summed E-state index contributed by atoms with van der Waals surface area (Å²) in [5, 5.41) is 12.1. The summed E-state index contributed by atoms with van der Waals surface area (Å²) in [4.78, 5) is 0. The maximum atomic E-state index is 12.1. The summed E-state index contributed by atoms with van der Waals surface area (Å²) >= 11 is 0. The first-order chi connectivity index (χ1) is 11.3. The van der Waals surface area contributed by atoms with Gasteiger partial charge >= 0.3 is 0 Å². The summed E-state index contributed by atoms with van der Waals surface area (Å²) in [5.74, 6) is 0. The van der Waals surface area contributed by atoms with Gasteiger partial charge in [-0.3, -0.25) is 0 Å². The van der Waals surface area contributed by atoms with Crippen LogP contribution in [-0.4, -0.2) is 5.11 Å². The van der Waals surface area contributed by atoms with Crippen molar-refractivity contribution in [3.05, 3.63) is 71.3 Å². The molecule has 2 rings (SSSR count). The molecule has 1 unspecified atom stereocenters. The number of benzene rings is 2. The van der Waals surface area contributed by atoms with Gasteiger partial charge in [0.1, 0.15) is 5.60 Å². The molecule has 0 aliphatic rings. The van der Waals surface area contributed by atoms with Gasteiger partial charge in [-0.25, -0.2) is 0 Å². The molecule has 2 aromatic rings. The van der Waals surface area contributed by atoms with Gasteiger partial charge in [-0.05, 0) is 27.5 Å². The molecule has 0 spiro atoms. The van der Waals surface area contributed by atoms with E-state index in [1.54, 1.807) is 0 Å². The lowest BCUT2D eigenvalue weighted by Gasteiger charge is -2.51. The van der Waals surface area contributed by atoms with Crippen molar-refractivity contribution >= 4 is 0 Å². The fourth-order valence-corrected chi connectivity index (χ4v) is 3.32. The van der Waals surface area contributed by atoms with E-state index < -0.39 is 5.60 Å². The zero-order valence-corrected chi connectivity index (χ0v) is 17.1. The van der Waals surface area contributed by atoms with Crippen LogP contribution >= 0.6 is 0 Å². The minimum absolute atomic E-state index is 0.0830. The maximum Gasteiger partial charge on any atom is 0.120 e. The molecule has 2 aromatic carbocycles. The van der Waals surface area contributed by atoms with Crippen molar-refractivity contribution in [2.75, 3.05) is 0 Å². The van der Waals surface area contributed by atoms with Crippen molar-refractivity contribution in [1.82, 2.24) is 0 Å². The number of hydrogen-bond donors (Lipinski definition) is 1. The molecule has 1 atom stereocenters. The van der Waals surface area contributed by atoms with Crippen LogP contribution < -0.4 is 0 Å². The third-order valence-electron chi connectivity index (χ3n) is 6.14. The van der Waals surface area contributed by atoms with Crippen LogP contribution in [0, 0.1) is 10.8 Å². The predicted octanol–water partition coefficient (Wildman–Crippen LogP) is 6.29. The predicted molar refractivity (Wildman–Crippen MR) is 108 cm³/mol. The van der Waals surface area contributed by atoms with Crippen LogP contribution in [0.2, 0.25) is 0 Å². The second-order valence-corrected chi connectivity index (χ2v) is 9.78. The maximum absolute atomic E-state index is 12.1. The number of hydrogen-bond acceptors (Lipinski definition) is 1. The Morgan fingerprint density at radius 3 is 1.36 bits per heavy atom. The van der Waals surface area contributed by atoms with Crippen molar-refractivity contribution in [2.24, 2.45) is 10.8 Å². The van der Waals surface area contributed by atoms with Crippen LogP contribution in [0.4, 0.5) is 0 Å². The van der Waals surface area contributed by atoms with Crippen molar-refractivity contribution in [1.29, 1.82) is 0 Å². The van der Waals surface area contributed by atoms with Gasteiger partial charge in [0.25, 0.3) is 0 Å². The number of rotatable bonds is 3. The molecule has 0 aliphatic carbocycles. The fourth-order valence-electron chi connectivity index (χ4n) is 3.32. The second kappa shape index (κ2) is 6.29. The summed E-state index contributed by atoms with van der Waals surface area (Å²) in [6, 6.07) is 18.6. The van der Waals surface area contributed by atoms with Crippen molar-refractivity contribution in [2.45, 2.75) is 66.4 Å². The Hall–Kier alpha value is -1.60. The molecular weight excluding hydrogens is 304 g/mol. The smallest absolute Gasteiger partial charge is 0.120 e. The summed E-state index contributed by atoms with van der Waals surface area (Å²) in [6.07, 6.45) is 0. The molecule has 1 heteroatoms. The van der Waals surface area contributed by atoms with Gasteiger partial charge < -0.3 is 5.11 Å². The molecule has 0 fully saturated rings. The third-order valence-corrected chi connectivity index (χ3v) is 6.14. The average Bonchev–Trinajstić information content (AvgIpc) is 2.53. The molecule has 0 radical (unpaired) electrons. The molecule has 0 bridgehead atoms. The first kappa shape index (κ1) is 19.7. The molecule has 0 aromatic heterocycles. The molecule has 0 saturated carbocycles. The van der Waals surface area contributed by atoms with Crippen LogP contribution in [-0.2, 0) is 11.0 Å². The summed E-state index contributed by atoms with van der Waals surface area (Å²) in [6.45, 7) is 17.6. The average molecular weight is 339 g/mol. The van der Waals surface area contributed by atoms with Crippen LogP contribution in [0.1, 0.15) is 72.1 Å². The lowest BCUT2D eigenvalue weighted by Crippen LogP contribution is -2.50. The summed E-state index contributed by atoms with van der Waals surface area (Å²) in [5.41, 5.74) is 1.75. The highest BCUT2D eigenvalue weighted by Gasteiger charge is 2.52. The van der Waals surface area contributed by atoms with E-state index >= 15 is 0 Å². The van der Waals surface area contributed by atoms with E-state index in [4.69, 9.17) is 0 Å². The topological polar surface area (TPSA) is 20.2 Å². The minimum atomic E-state index is -1.07. The molecule has 1 N–H and O–H groups in total. The quantitative estimate of drug-likeness (QED) is 0.697. The Kier molecular flexibility index (Phi) is 4.96. The van der Waals surface area contributed by atoms with Crippen molar-refractivity contribution < 1.29 is 5.11 Å². The molecule has 0 heterocycles. The zero-order valence-electron chi connectivity index (χ0n) is 17.1. The number of aliphatic hydroxyl groups is 1. The highest BCUT2D eigenvalue weighted by molar-refractivity contribution is 5.41. The highest BCUT2D eigenvalue weighted by Crippen LogP contribution is 2.54. The third kappa shape index (κ3) is 3.40. The molecule has 136 valence electrons. The Morgan fingerprint density at radius 1 is 0.560 bits per heavy atom. The minimum Gasteiger partial charge on any atom is -0.380 e. The van der Waals surface area contributed by atoms with Gasteiger partial charge in [0.2, 0.25) is 0 Å². The molecule has 25 heavy (non-hydrogen) atoms. The molecular formula is C24H34O. The van der Waals surface area contributed by atoms with Crippen molar-refractivity contribution in [3.63, 3.8) is 0 Å². The second-order valence-electron chi connectivity index (χ2n) is 9.78. The zero-order chi connectivity index (χ0) is 19.1. The van der Waals surface area contributed by atoms with Gasteiger partial charge in [0.05, 0.1) is 0 Å². The van der Waals surface area contributed by atoms with Crippen molar-refractivity contribution in [3.8, 4) is 0 Å². The van der Waals surface area contributed by atoms with Gasteiger partial charge in [0, 0.05) is 5.41 Å². The summed E-state index contributed by atoms with van der Waals surface area (Å²) in [7, 11) is 0. The van der Waals surface area contributed by atoms with E-state index in [2.05, 4.69) is 79.7 Å². The van der Waals surface area contributed by atoms with Crippen LogP contribution in [0.5, 0.6) is 0 Å². The highest BCUT2D eigenvalue weighted by atomic mass is 16.3. The van der Waals surface area contributed by atoms with Crippen LogP contribution in [0.3, 0.4) is 0 Å². The largest absolute Gasteiger partial charge is 0.380 e.